The summed E-state index contributed by atoms with van der Waals surface area (Å²) < 4.78 is 18.7. The summed E-state index contributed by atoms with van der Waals surface area (Å²) >= 11 is 0. The first-order chi connectivity index (χ1) is 9.99. The fraction of sp³-hybridized carbons (Fsp3) is 0.235. The summed E-state index contributed by atoms with van der Waals surface area (Å²) in [6.45, 7) is 3.48. The Balaban J connectivity index is 2.50. The predicted molar refractivity (Wildman–Crippen MR) is 77.6 cm³/mol. The van der Waals surface area contributed by atoms with E-state index in [-0.39, 0.29) is 17.4 Å². The average molecular weight is 288 g/mol. The summed E-state index contributed by atoms with van der Waals surface area (Å²) in [4.78, 5) is 12.4. The second-order valence-electron chi connectivity index (χ2n) is 5.03. The highest BCUT2D eigenvalue weighted by molar-refractivity contribution is 5.83. The van der Waals surface area contributed by atoms with E-state index in [1.54, 1.807) is 38.1 Å². The molecule has 21 heavy (non-hydrogen) atoms. The number of halogens is 1. The normalized spacial score (nSPS) is 12.2. The van der Waals surface area contributed by atoms with Gasteiger partial charge < -0.3 is 9.84 Å². The van der Waals surface area contributed by atoms with Crippen LogP contribution >= 0.6 is 0 Å². The zero-order valence-corrected chi connectivity index (χ0v) is 11.9. The van der Waals surface area contributed by atoms with Gasteiger partial charge in [-0.25, -0.2) is 4.39 Å². The third kappa shape index (κ3) is 3.60. The Bertz CT molecular complexity index is 623. The van der Waals surface area contributed by atoms with Crippen molar-refractivity contribution < 1.29 is 19.0 Å². The molecule has 0 bridgehead atoms. The van der Waals surface area contributed by atoms with Gasteiger partial charge in [-0.1, -0.05) is 30.3 Å². The molecule has 0 aliphatic carbocycles. The summed E-state index contributed by atoms with van der Waals surface area (Å²) in [6.07, 6.45) is -0.292. The van der Waals surface area contributed by atoms with E-state index >= 15 is 0 Å². The van der Waals surface area contributed by atoms with Gasteiger partial charge in [-0.2, -0.15) is 0 Å². The maximum Gasteiger partial charge on any atom is 0.318 e. The Kier molecular flexibility index (Phi) is 4.58. The van der Waals surface area contributed by atoms with E-state index in [0.717, 1.165) is 12.1 Å². The van der Waals surface area contributed by atoms with Gasteiger partial charge in [0.25, 0.3) is 0 Å². The molecule has 4 heteroatoms. The van der Waals surface area contributed by atoms with Crippen molar-refractivity contribution in [1.29, 1.82) is 0 Å². The number of phenolic OH excluding ortho intramolecular Hbond substituents is 1. The number of rotatable bonds is 4. The first kappa shape index (κ1) is 15.0. The number of phenols is 1. The molecule has 1 atom stereocenters. The molecule has 0 aliphatic rings. The SMILES string of the molecule is CC(C)OC(=O)C(c1ccccc1)c1cc(F)ccc1O. The van der Waals surface area contributed by atoms with Crippen molar-refractivity contribution in [3.8, 4) is 5.75 Å². The minimum atomic E-state index is -0.857. The Labute approximate surface area is 123 Å². The lowest BCUT2D eigenvalue weighted by Gasteiger charge is -2.19. The lowest BCUT2D eigenvalue weighted by atomic mass is 9.90. The van der Waals surface area contributed by atoms with Crippen molar-refractivity contribution >= 4 is 5.97 Å². The molecule has 0 aliphatic heterocycles. The van der Waals surface area contributed by atoms with Crippen molar-refractivity contribution in [2.45, 2.75) is 25.9 Å². The molecule has 0 amide bonds. The number of aromatic hydroxyl groups is 1. The highest BCUT2D eigenvalue weighted by Gasteiger charge is 2.28. The molecule has 1 unspecified atom stereocenters. The molecule has 110 valence electrons. The summed E-state index contributed by atoms with van der Waals surface area (Å²) in [5.41, 5.74) is 0.843. The van der Waals surface area contributed by atoms with E-state index < -0.39 is 17.7 Å². The van der Waals surface area contributed by atoms with Crippen molar-refractivity contribution in [2.24, 2.45) is 0 Å². The minimum absolute atomic E-state index is 0.133. The molecule has 2 rings (SSSR count). The first-order valence-corrected chi connectivity index (χ1v) is 6.73. The molecular weight excluding hydrogens is 271 g/mol. The molecular formula is C17H17FO3. The molecule has 2 aromatic carbocycles. The van der Waals surface area contributed by atoms with Gasteiger partial charge in [0.15, 0.2) is 0 Å². The molecule has 0 heterocycles. The second kappa shape index (κ2) is 6.39. The van der Waals surface area contributed by atoms with Crippen LogP contribution in [0.2, 0.25) is 0 Å². The molecule has 0 fully saturated rings. The first-order valence-electron chi connectivity index (χ1n) is 6.73. The van der Waals surface area contributed by atoms with Gasteiger partial charge in [-0.05, 0) is 37.6 Å². The van der Waals surface area contributed by atoms with Crippen LogP contribution in [-0.2, 0) is 9.53 Å². The molecule has 0 radical (unpaired) electrons. The number of esters is 1. The minimum Gasteiger partial charge on any atom is -0.508 e. The standard InChI is InChI=1S/C17H17FO3/c1-11(2)21-17(20)16(12-6-4-3-5-7-12)14-10-13(18)8-9-15(14)19/h3-11,16,19H,1-2H3. The molecule has 0 spiro atoms. The quantitative estimate of drug-likeness (QED) is 0.874. The van der Waals surface area contributed by atoms with Crippen LogP contribution in [0.15, 0.2) is 48.5 Å². The third-order valence-corrected chi connectivity index (χ3v) is 3.02. The van der Waals surface area contributed by atoms with Crippen molar-refractivity contribution in [1.82, 2.24) is 0 Å². The van der Waals surface area contributed by atoms with Gasteiger partial charge in [-0.15, -0.1) is 0 Å². The number of hydrogen-bond acceptors (Lipinski definition) is 3. The van der Waals surface area contributed by atoms with Crippen molar-refractivity contribution in [3.63, 3.8) is 0 Å². The molecule has 0 aromatic heterocycles. The molecule has 0 saturated heterocycles. The highest BCUT2D eigenvalue weighted by Crippen LogP contribution is 2.33. The van der Waals surface area contributed by atoms with Crippen LogP contribution in [0, 0.1) is 5.82 Å². The largest absolute Gasteiger partial charge is 0.508 e. The fourth-order valence-electron chi connectivity index (χ4n) is 2.15. The Morgan fingerprint density at radius 3 is 2.43 bits per heavy atom. The van der Waals surface area contributed by atoms with E-state index in [2.05, 4.69) is 0 Å². The summed E-state index contributed by atoms with van der Waals surface area (Å²) in [7, 11) is 0. The predicted octanol–water partition coefficient (Wildman–Crippen LogP) is 3.61. The van der Waals surface area contributed by atoms with Gasteiger partial charge in [0, 0.05) is 5.56 Å². The van der Waals surface area contributed by atoms with Gasteiger partial charge >= 0.3 is 5.97 Å². The van der Waals surface area contributed by atoms with Crippen LogP contribution in [-0.4, -0.2) is 17.2 Å². The van der Waals surface area contributed by atoms with Gasteiger partial charge in [0.05, 0.1) is 6.10 Å². The highest BCUT2D eigenvalue weighted by atomic mass is 19.1. The summed E-state index contributed by atoms with van der Waals surface area (Å²) in [5.74, 6) is -2.02. The van der Waals surface area contributed by atoms with Crippen LogP contribution in [0.1, 0.15) is 30.9 Å². The smallest absolute Gasteiger partial charge is 0.318 e. The Morgan fingerprint density at radius 2 is 1.81 bits per heavy atom. The van der Waals surface area contributed by atoms with E-state index in [1.165, 1.54) is 6.07 Å². The fourth-order valence-corrected chi connectivity index (χ4v) is 2.15. The maximum absolute atomic E-state index is 13.5. The summed E-state index contributed by atoms with van der Waals surface area (Å²) in [5, 5.41) is 9.98. The molecule has 0 saturated carbocycles. The van der Waals surface area contributed by atoms with Crippen LogP contribution < -0.4 is 0 Å². The molecule has 3 nitrogen and oxygen atoms in total. The van der Waals surface area contributed by atoms with Crippen LogP contribution in [0.3, 0.4) is 0 Å². The molecule has 1 N–H and O–H groups in total. The van der Waals surface area contributed by atoms with E-state index in [4.69, 9.17) is 4.74 Å². The third-order valence-electron chi connectivity index (χ3n) is 3.02. The number of benzene rings is 2. The van der Waals surface area contributed by atoms with Crippen LogP contribution in [0.5, 0.6) is 5.75 Å². The van der Waals surface area contributed by atoms with E-state index in [1.807, 2.05) is 6.07 Å². The van der Waals surface area contributed by atoms with Crippen LogP contribution in [0.4, 0.5) is 4.39 Å². The van der Waals surface area contributed by atoms with E-state index in [0.29, 0.717) is 5.56 Å². The monoisotopic (exact) mass is 288 g/mol. The number of hydrogen-bond donors (Lipinski definition) is 1. The van der Waals surface area contributed by atoms with Crippen molar-refractivity contribution in [3.05, 3.63) is 65.5 Å². The summed E-state index contributed by atoms with van der Waals surface area (Å²) in [6, 6.07) is 12.4. The maximum atomic E-state index is 13.5. The lowest BCUT2D eigenvalue weighted by molar-refractivity contribution is -0.148. The zero-order valence-electron chi connectivity index (χ0n) is 11.9. The Hall–Kier alpha value is -2.36. The van der Waals surface area contributed by atoms with Gasteiger partial charge in [-0.3, -0.25) is 4.79 Å². The number of carbonyl (C=O) groups is 1. The topological polar surface area (TPSA) is 46.5 Å². The van der Waals surface area contributed by atoms with Gasteiger partial charge in [0.1, 0.15) is 17.5 Å². The Morgan fingerprint density at radius 1 is 1.14 bits per heavy atom. The lowest BCUT2D eigenvalue weighted by Crippen LogP contribution is -2.21. The number of carbonyl (C=O) groups excluding carboxylic acids is 1. The van der Waals surface area contributed by atoms with E-state index in [9.17, 15) is 14.3 Å². The van der Waals surface area contributed by atoms with Crippen molar-refractivity contribution in [2.75, 3.05) is 0 Å². The van der Waals surface area contributed by atoms with Crippen LogP contribution in [0.25, 0.3) is 0 Å². The second-order valence-corrected chi connectivity index (χ2v) is 5.03. The average Bonchev–Trinajstić information content (AvgIpc) is 2.43. The number of ether oxygens (including phenoxy) is 1. The molecule has 2 aromatic rings. The van der Waals surface area contributed by atoms with Gasteiger partial charge in [0.2, 0.25) is 0 Å². The zero-order chi connectivity index (χ0) is 15.4.